The SMILES string of the molecule is CCC([C@H](C)OC(=O)CN(C)C)n1ncn(-c2ccc(N3CCN(c4ccc(-c5ccc(C(F)(F)C(O)(Cn6cnnn6)c6ccccc6F)nc5)cc4)CC3)cn2)c1=O. The van der Waals surface area contributed by atoms with Gasteiger partial charge in [-0.2, -0.15) is 13.9 Å². The standard InChI is InChI=1S/C41H45F3N12O4/c1-5-35(28(2)60-38(57)24-51(3)4)56-39(58)55(27-48-56)37-17-15-32(23-46-37)53-20-18-52(19-21-53)31-13-10-29(11-14-31)30-12-16-36(45-22-30)41(43,44)40(59,25-54-26-47-49-50-54)33-8-6-7-9-34(33)42/h6-17,22-23,26-28,35,59H,5,18-21,24-25H2,1-4H3/t28-,35?,40?/m0/s1. The lowest BCUT2D eigenvalue weighted by molar-refractivity contribution is -0.207. The van der Waals surface area contributed by atoms with E-state index in [4.69, 9.17) is 4.74 Å². The molecule has 2 aromatic carbocycles. The van der Waals surface area contributed by atoms with Crippen molar-refractivity contribution in [2.45, 2.75) is 50.5 Å². The second-order valence-electron chi connectivity index (χ2n) is 14.9. The molecule has 7 rings (SSSR count). The number of tetrazole rings is 1. The van der Waals surface area contributed by atoms with Crippen LogP contribution in [0.4, 0.5) is 24.5 Å². The van der Waals surface area contributed by atoms with Crippen molar-refractivity contribution < 1.29 is 27.8 Å². The molecule has 1 aliphatic rings. The summed E-state index contributed by atoms with van der Waals surface area (Å²) in [7, 11) is 3.56. The number of anilines is 2. The average Bonchev–Trinajstić information content (AvgIpc) is 3.90. The molecule has 0 aliphatic carbocycles. The monoisotopic (exact) mass is 826 g/mol. The summed E-state index contributed by atoms with van der Waals surface area (Å²) in [5, 5.41) is 26.3. The summed E-state index contributed by atoms with van der Waals surface area (Å²) < 4.78 is 56.5. The number of pyridine rings is 2. The Morgan fingerprint density at radius 3 is 2.18 bits per heavy atom. The van der Waals surface area contributed by atoms with E-state index in [2.05, 4.69) is 40.4 Å². The number of aromatic nitrogens is 9. The third-order valence-electron chi connectivity index (χ3n) is 10.6. The highest BCUT2D eigenvalue weighted by Gasteiger charge is 2.57. The Balaban J connectivity index is 0.971. The second-order valence-corrected chi connectivity index (χ2v) is 14.9. The number of rotatable bonds is 15. The van der Waals surface area contributed by atoms with Gasteiger partial charge in [-0.05, 0) is 79.8 Å². The number of hydrogen-bond acceptors (Lipinski definition) is 13. The Hall–Kier alpha value is -6.47. The average molecular weight is 827 g/mol. The van der Waals surface area contributed by atoms with Gasteiger partial charge in [-0.3, -0.25) is 14.7 Å². The lowest BCUT2D eigenvalue weighted by Crippen LogP contribution is -2.48. The molecule has 1 N–H and O–H groups in total. The summed E-state index contributed by atoms with van der Waals surface area (Å²) in [5.41, 5.74) is -1.59. The van der Waals surface area contributed by atoms with Gasteiger partial charge in [-0.25, -0.2) is 28.1 Å². The fraction of sp³-hybridized carbons (Fsp3) is 0.366. The summed E-state index contributed by atoms with van der Waals surface area (Å²) in [6, 6.07) is 18.4. The first kappa shape index (κ1) is 41.7. The first-order valence-electron chi connectivity index (χ1n) is 19.4. The van der Waals surface area contributed by atoms with Gasteiger partial charge >= 0.3 is 17.6 Å². The minimum absolute atomic E-state index is 0.135. The van der Waals surface area contributed by atoms with Crippen LogP contribution >= 0.6 is 0 Å². The molecular formula is C41H45F3N12O4. The number of ether oxygens (including phenoxy) is 1. The van der Waals surface area contributed by atoms with Crippen molar-refractivity contribution in [1.82, 2.24) is 49.4 Å². The predicted molar refractivity (Wildman–Crippen MR) is 215 cm³/mol. The lowest BCUT2D eigenvalue weighted by atomic mass is 9.84. The van der Waals surface area contributed by atoms with Crippen molar-refractivity contribution in [3.63, 3.8) is 0 Å². The number of esters is 1. The summed E-state index contributed by atoms with van der Waals surface area (Å²) in [4.78, 5) is 40.4. The fourth-order valence-corrected chi connectivity index (χ4v) is 7.38. The molecule has 2 unspecified atom stereocenters. The maximum absolute atomic E-state index is 16.2. The van der Waals surface area contributed by atoms with Gasteiger partial charge in [-0.15, -0.1) is 5.10 Å². The number of piperazine rings is 1. The molecule has 314 valence electrons. The number of halogens is 3. The normalized spacial score (nSPS) is 15.5. The number of alkyl halides is 2. The van der Waals surface area contributed by atoms with Crippen LogP contribution in [0.1, 0.15) is 37.6 Å². The molecule has 0 spiro atoms. The summed E-state index contributed by atoms with van der Waals surface area (Å²) in [6.45, 7) is 5.86. The molecule has 1 aliphatic heterocycles. The van der Waals surface area contributed by atoms with Gasteiger partial charge in [0.25, 0.3) is 0 Å². The number of carbonyl (C=O) groups is 1. The minimum atomic E-state index is -4.04. The zero-order chi connectivity index (χ0) is 42.6. The summed E-state index contributed by atoms with van der Waals surface area (Å²) >= 11 is 0. The Morgan fingerprint density at radius 1 is 0.900 bits per heavy atom. The Kier molecular flexibility index (Phi) is 12.1. The second kappa shape index (κ2) is 17.4. The third kappa shape index (κ3) is 8.48. The molecule has 19 heteroatoms. The van der Waals surface area contributed by atoms with E-state index in [1.54, 1.807) is 38.2 Å². The van der Waals surface area contributed by atoms with Crippen LogP contribution in [0, 0.1) is 5.82 Å². The Bertz CT molecular complexity index is 2420. The fourth-order valence-electron chi connectivity index (χ4n) is 7.38. The van der Waals surface area contributed by atoms with E-state index in [9.17, 15) is 19.1 Å². The van der Waals surface area contributed by atoms with Crippen LogP contribution in [-0.2, 0) is 27.6 Å². The predicted octanol–water partition coefficient (Wildman–Crippen LogP) is 4.07. The van der Waals surface area contributed by atoms with Gasteiger partial charge in [0.2, 0.25) is 0 Å². The number of aliphatic hydroxyl groups is 1. The van der Waals surface area contributed by atoms with Crippen LogP contribution in [0.3, 0.4) is 0 Å². The van der Waals surface area contributed by atoms with E-state index in [0.717, 1.165) is 72.3 Å². The zero-order valence-corrected chi connectivity index (χ0v) is 33.5. The van der Waals surface area contributed by atoms with E-state index in [0.29, 0.717) is 17.8 Å². The maximum atomic E-state index is 16.2. The molecule has 5 heterocycles. The van der Waals surface area contributed by atoms with Crippen molar-refractivity contribution in [3.8, 4) is 16.9 Å². The first-order valence-corrected chi connectivity index (χ1v) is 19.4. The van der Waals surface area contributed by atoms with Crippen LogP contribution < -0.4 is 15.5 Å². The van der Waals surface area contributed by atoms with Crippen molar-refractivity contribution in [2.24, 2.45) is 0 Å². The largest absolute Gasteiger partial charge is 0.459 e. The molecule has 1 fully saturated rings. The molecule has 0 saturated carbocycles. The Labute approximate surface area is 343 Å². The molecular weight excluding hydrogens is 782 g/mol. The van der Waals surface area contributed by atoms with E-state index >= 15 is 8.78 Å². The van der Waals surface area contributed by atoms with Crippen molar-refractivity contribution in [3.05, 3.63) is 125 Å². The van der Waals surface area contributed by atoms with Gasteiger partial charge in [0.1, 0.15) is 36.1 Å². The van der Waals surface area contributed by atoms with Crippen LogP contribution in [-0.4, -0.2) is 113 Å². The smallest absolute Gasteiger partial charge is 0.351 e. The molecule has 60 heavy (non-hydrogen) atoms. The molecule has 1 saturated heterocycles. The third-order valence-corrected chi connectivity index (χ3v) is 10.6. The van der Waals surface area contributed by atoms with E-state index in [1.165, 1.54) is 40.0 Å². The quantitative estimate of drug-likeness (QED) is 0.148. The van der Waals surface area contributed by atoms with Crippen molar-refractivity contribution in [1.29, 1.82) is 0 Å². The van der Waals surface area contributed by atoms with Gasteiger partial charge in [0.15, 0.2) is 5.60 Å². The highest BCUT2D eigenvalue weighted by atomic mass is 19.3. The van der Waals surface area contributed by atoms with Crippen molar-refractivity contribution in [2.75, 3.05) is 56.6 Å². The molecule has 0 amide bonds. The summed E-state index contributed by atoms with van der Waals surface area (Å²) in [5.74, 6) is -5.01. The highest BCUT2D eigenvalue weighted by Crippen LogP contribution is 2.46. The van der Waals surface area contributed by atoms with E-state index in [-0.39, 0.29) is 18.2 Å². The molecule has 0 radical (unpaired) electrons. The number of benzene rings is 2. The number of carbonyl (C=O) groups excluding carboxylic acids is 1. The molecule has 4 aromatic heterocycles. The van der Waals surface area contributed by atoms with Gasteiger partial charge in [0, 0.05) is 49.2 Å². The van der Waals surface area contributed by atoms with Gasteiger partial charge in [0.05, 0.1) is 31.0 Å². The maximum Gasteiger partial charge on any atom is 0.351 e. The van der Waals surface area contributed by atoms with Crippen LogP contribution in [0.2, 0.25) is 0 Å². The molecule has 3 atom stereocenters. The molecule has 0 bridgehead atoms. The highest BCUT2D eigenvalue weighted by molar-refractivity contribution is 5.71. The Morgan fingerprint density at radius 2 is 1.58 bits per heavy atom. The van der Waals surface area contributed by atoms with Gasteiger partial charge in [-0.1, -0.05) is 43.3 Å². The molecule has 6 aromatic rings. The van der Waals surface area contributed by atoms with Crippen LogP contribution in [0.25, 0.3) is 16.9 Å². The van der Waals surface area contributed by atoms with Gasteiger partial charge < -0.3 is 19.6 Å². The van der Waals surface area contributed by atoms with E-state index in [1.807, 2.05) is 37.3 Å². The first-order chi connectivity index (χ1) is 28.8. The van der Waals surface area contributed by atoms with Crippen LogP contribution in [0.5, 0.6) is 0 Å². The topological polar surface area (TPSA) is 165 Å². The van der Waals surface area contributed by atoms with E-state index < -0.39 is 47.3 Å². The minimum Gasteiger partial charge on any atom is -0.459 e. The number of hydrogen-bond donors (Lipinski definition) is 1. The lowest BCUT2D eigenvalue weighted by Gasteiger charge is -2.37. The molecule has 16 nitrogen and oxygen atoms in total. The summed E-state index contributed by atoms with van der Waals surface area (Å²) in [6.07, 6.45) is 5.49. The number of nitrogens with zero attached hydrogens (tertiary/aromatic N) is 12. The van der Waals surface area contributed by atoms with Crippen molar-refractivity contribution >= 4 is 17.3 Å². The zero-order valence-electron chi connectivity index (χ0n) is 33.5. The number of likely N-dealkylation sites (N-methyl/N-ethyl adjacent to an activating group) is 1. The van der Waals surface area contributed by atoms with Crippen LogP contribution in [0.15, 0.2) is 103 Å².